The summed E-state index contributed by atoms with van der Waals surface area (Å²) in [7, 11) is 0. The van der Waals surface area contributed by atoms with Crippen molar-refractivity contribution < 1.29 is 33.1 Å². The van der Waals surface area contributed by atoms with Gasteiger partial charge < -0.3 is 24.4 Å². The number of ketones is 1. The summed E-state index contributed by atoms with van der Waals surface area (Å²) >= 11 is 0. The normalized spacial score (nSPS) is 11.2. The van der Waals surface area contributed by atoms with Crippen molar-refractivity contribution in [1.29, 1.82) is 0 Å². The van der Waals surface area contributed by atoms with E-state index in [-0.39, 0.29) is 52.9 Å². The summed E-state index contributed by atoms with van der Waals surface area (Å²) in [4.78, 5) is 40.7. The number of ether oxygens (including phenoxy) is 1. The fraction of sp³-hybridized carbons (Fsp3) is 0.250. The van der Waals surface area contributed by atoms with E-state index in [9.17, 15) is 19.5 Å². The van der Waals surface area contributed by atoms with Gasteiger partial charge in [0.05, 0.1) is 12.7 Å². The minimum absolute atomic E-state index is 0.0187. The zero-order valence-electron chi connectivity index (χ0n) is 19.7. The summed E-state index contributed by atoms with van der Waals surface area (Å²) in [6, 6.07) is 10.1. The zero-order valence-corrected chi connectivity index (χ0v) is 19.7. The number of Topliss-reactive ketones (excluding diaryl/α,β-unsaturated/α-hetero) is 1. The number of nitrogens with zero attached hydrogens (tertiary/aromatic N) is 4. The Kier molecular flexibility index (Phi) is 6.79. The lowest BCUT2D eigenvalue weighted by Gasteiger charge is -2.08. The molecule has 4 aromatic rings. The molecule has 0 spiro atoms. The van der Waals surface area contributed by atoms with Gasteiger partial charge in [0.15, 0.2) is 34.4 Å². The third-order valence-corrected chi connectivity index (χ3v) is 5.00. The highest BCUT2D eigenvalue weighted by Gasteiger charge is 2.28. The number of aromatic nitrogens is 4. The number of hydrogen-bond donors (Lipinski definition) is 2. The Morgan fingerprint density at radius 2 is 1.89 bits per heavy atom. The summed E-state index contributed by atoms with van der Waals surface area (Å²) in [6.45, 7) is 5.49. The Labute approximate surface area is 204 Å². The van der Waals surface area contributed by atoms with Crippen LogP contribution in [0.5, 0.6) is 0 Å². The van der Waals surface area contributed by atoms with E-state index in [0.717, 1.165) is 10.4 Å². The number of benzene rings is 1. The van der Waals surface area contributed by atoms with Gasteiger partial charge in [-0.2, -0.15) is 9.78 Å². The number of aromatic carboxylic acids is 1. The van der Waals surface area contributed by atoms with Crippen LogP contribution in [-0.4, -0.2) is 48.8 Å². The van der Waals surface area contributed by atoms with E-state index in [1.54, 1.807) is 24.3 Å². The van der Waals surface area contributed by atoms with E-state index in [1.165, 1.54) is 13.0 Å². The van der Waals surface area contributed by atoms with Gasteiger partial charge in [0.1, 0.15) is 12.3 Å². The van der Waals surface area contributed by atoms with E-state index in [2.05, 4.69) is 15.2 Å². The number of hydrogen-bond acceptors (Lipinski definition) is 9. The number of furan rings is 1. The lowest BCUT2D eigenvalue weighted by molar-refractivity contribution is 0.0657. The molecule has 1 aromatic carbocycles. The number of carbonyl (C=O) groups is 3. The first-order valence-electron chi connectivity index (χ1n) is 10.9. The Balaban J connectivity index is 1.72. The van der Waals surface area contributed by atoms with Gasteiger partial charge in [-0.1, -0.05) is 18.2 Å². The van der Waals surface area contributed by atoms with Crippen molar-refractivity contribution in [2.24, 2.45) is 5.73 Å². The standard InChI is InChI=1S/C24H23N5O7/c1-12(2)34-11-14-5-4-6-15(9-14)21-20(24(32)33)26-23(36-21)19-18(22(25)31)27-29(28-19)10-16-7-8-17(35-16)13(3)30/h4-9,12H,10-11H2,1-3H3,(H2,25,31)(H,32,33). The molecule has 1 amide bonds. The molecule has 0 saturated heterocycles. The van der Waals surface area contributed by atoms with Gasteiger partial charge in [-0.15, -0.1) is 10.2 Å². The number of rotatable bonds is 10. The summed E-state index contributed by atoms with van der Waals surface area (Å²) in [5, 5.41) is 18.0. The van der Waals surface area contributed by atoms with Crippen molar-refractivity contribution >= 4 is 17.7 Å². The number of primary amides is 1. The molecule has 0 aliphatic rings. The van der Waals surface area contributed by atoms with Crippen molar-refractivity contribution in [3.63, 3.8) is 0 Å². The predicted molar refractivity (Wildman–Crippen MR) is 124 cm³/mol. The molecule has 0 atom stereocenters. The second-order valence-corrected chi connectivity index (χ2v) is 8.18. The van der Waals surface area contributed by atoms with Crippen LogP contribution in [0, 0.1) is 0 Å². The van der Waals surface area contributed by atoms with Crippen molar-refractivity contribution in [3.05, 3.63) is 64.9 Å². The SMILES string of the molecule is CC(=O)c1ccc(Cn2nc(C(N)=O)c(-c3nc(C(=O)O)c(-c4cccc(COC(C)C)c4)o3)n2)o1. The molecule has 0 bridgehead atoms. The topological polar surface area (TPSA) is 177 Å². The van der Waals surface area contributed by atoms with E-state index < -0.39 is 11.9 Å². The average molecular weight is 493 g/mol. The first-order chi connectivity index (χ1) is 17.1. The van der Waals surface area contributed by atoms with Crippen LogP contribution >= 0.6 is 0 Å². The molecule has 0 fully saturated rings. The molecule has 186 valence electrons. The molecule has 3 heterocycles. The average Bonchev–Trinajstić information content (AvgIpc) is 3.56. The van der Waals surface area contributed by atoms with Crippen LogP contribution < -0.4 is 5.73 Å². The molecule has 3 N–H and O–H groups in total. The first-order valence-corrected chi connectivity index (χ1v) is 10.9. The molecule has 0 saturated carbocycles. The van der Waals surface area contributed by atoms with Crippen LogP contribution in [-0.2, 0) is 17.9 Å². The number of nitrogens with two attached hydrogens (primary N) is 1. The van der Waals surface area contributed by atoms with E-state index >= 15 is 0 Å². The van der Waals surface area contributed by atoms with Crippen molar-refractivity contribution in [3.8, 4) is 22.9 Å². The van der Waals surface area contributed by atoms with Crippen LogP contribution in [0.2, 0.25) is 0 Å². The number of carboxylic acid groups (broad SMARTS) is 1. The Bertz CT molecular complexity index is 1450. The largest absolute Gasteiger partial charge is 0.476 e. The summed E-state index contributed by atoms with van der Waals surface area (Å²) in [6.07, 6.45) is 0.0187. The minimum Gasteiger partial charge on any atom is -0.476 e. The molecule has 12 heteroatoms. The molecule has 0 aliphatic heterocycles. The molecule has 0 aliphatic carbocycles. The molecule has 36 heavy (non-hydrogen) atoms. The second kappa shape index (κ2) is 9.96. The van der Waals surface area contributed by atoms with Gasteiger partial charge in [0, 0.05) is 12.5 Å². The van der Waals surface area contributed by atoms with Gasteiger partial charge in [-0.25, -0.2) is 4.79 Å². The predicted octanol–water partition coefficient (Wildman–Crippen LogP) is 3.17. The van der Waals surface area contributed by atoms with Gasteiger partial charge in [-0.05, 0) is 37.6 Å². The minimum atomic E-state index is -1.33. The van der Waals surface area contributed by atoms with Crippen LogP contribution in [0.15, 0.2) is 45.2 Å². The lowest BCUT2D eigenvalue weighted by atomic mass is 10.1. The van der Waals surface area contributed by atoms with E-state index in [4.69, 9.17) is 19.3 Å². The Morgan fingerprint density at radius 3 is 2.53 bits per heavy atom. The highest BCUT2D eigenvalue weighted by Crippen LogP contribution is 2.31. The highest BCUT2D eigenvalue weighted by atomic mass is 16.5. The Hall–Kier alpha value is -4.58. The quantitative estimate of drug-likeness (QED) is 0.312. The second-order valence-electron chi connectivity index (χ2n) is 8.18. The third kappa shape index (κ3) is 5.23. The molecule has 3 aromatic heterocycles. The van der Waals surface area contributed by atoms with Crippen LogP contribution in [0.3, 0.4) is 0 Å². The fourth-order valence-electron chi connectivity index (χ4n) is 3.35. The maximum absolute atomic E-state index is 12.1. The number of oxazole rings is 1. The molecule has 12 nitrogen and oxygen atoms in total. The van der Waals surface area contributed by atoms with Gasteiger partial charge in [0.2, 0.25) is 0 Å². The maximum atomic E-state index is 12.1. The van der Waals surface area contributed by atoms with Crippen LogP contribution in [0.1, 0.15) is 63.6 Å². The molecule has 0 unspecified atom stereocenters. The summed E-state index contributed by atoms with van der Waals surface area (Å²) < 4.78 is 16.8. The molecular weight excluding hydrogens is 470 g/mol. The zero-order chi connectivity index (χ0) is 26.0. The van der Waals surface area contributed by atoms with Gasteiger partial charge >= 0.3 is 5.97 Å². The van der Waals surface area contributed by atoms with E-state index in [1.807, 2.05) is 19.9 Å². The number of amides is 1. The summed E-state index contributed by atoms with van der Waals surface area (Å²) in [5.74, 6) is -2.23. The van der Waals surface area contributed by atoms with Crippen molar-refractivity contribution in [1.82, 2.24) is 20.0 Å². The fourth-order valence-corrected chi connectivity index (χ4v) is 3.35. The molecular formula is C24H23N5O7. The first kappa shape index (κ1) is 24.5. The number of carboxylic acids is 1. The third-order valence-electron chi connectivity index (χ3n) is 5.00. The molecule has 0 radical (unpaired) electrons. The highest BCUT2D eigenvalue weighted by molar-refractivity contribution is 5.97. The van der Waals surface area contributed by atoms with Crippen molar-refractivity contribution in [2.45, 2.75) is 40.0 Å². The number of carbonyl (C=O) groups excluding carboxylic acids is 2. The maximum Gasteiger partial charge on any atom is 0.358 e. The van der Waals surface area contributed by atoms with Crippen LogP contribution in [0.4, 0.5) is 0 Å². The lowest BCUT2D eigenvalue weighted by Crippen LogP contribution is -2.13. The summed E-state index contributed by atoms with van der Waals surface area (Å²) in [5.41, 5.74) is 5.97. The Morgan fingerprint density at radius 1 is 1.11 bits per heavy atom. The van der Waals surface area contributed by atoms with E-state index in [0.29, 0.717) is 17.9 Å². The van der Waals surface area contributed by atoms with Gasteiger partial charge in [0.25, 0.3) is 11.8 Å². The van der Waals surface area contributed by atoms with Gasteiger partial charge in [-0.3, -0.25) is 9.59 Å². The molecule has 4 rings (SSSR count). The van der Waals surface area contributed by atoms with Crippen molar-refractivity contribution in [2.75, 3.05) is 0 Å². The smallest absolute Gasteiger partial charge is 0.358 e. The monoisotopic (exact) mass is 493 g/mol. The van der Waals surface area contributed by atoms with Crippen LogP contribution in [0.25, 0.3) is 22.9 Å².